The monoisotopic (exact) mass is 262 g/mol. The Morgan fingerprint density at radius 2 is 1.74 bits per heavy atom. The van der Waals surface area contributed by atoms with Crippen LogP contribution in [0.1, 0.15) is 52.9 Å². The summed E-state index contributed by atoms with van der Waals surface area (Å²) in [5.74, 6) is 0.604. The van der Waals surface area contributed by atoms with Crippen molar-refractivity contribution in [3.05, 3.63) is 12.2 Å². The van der Waals surface area contributed by atoms with Gasteiger partial charge in [0, 0.05) is 16.4 Å². The molecular weight excluding hydrogens is 240 g/mol. The van der Waals surface area contributed by atoms with Gasteiger partial charge in [0.2, 0.25) is 0 Å². The molecule has 0 aromatic carbocycles. The predicted octanol–water partition coefficient (Wildman–Crippen LogP) is 3.03. The third-order valence-corrected chi connectivity index (χ3v) is 5.32. The number of esters is 1. The molecule has 3 heteroatoms. The molecule has 19 heavy (non-hydrogen) atoms. The number of hydrogen-bond acceptors (Lipinski definition) is 3. The van der Waals surface area contributed by atoms with Crippen molar-refractivity contribution in [3.63, 3.8) is 0 Å². The Labute approximate surface area is 114 Å². The van der Waals surface area contributed by atoms with E-state index in [1.165, 1.54) is 0 Å². The van der Waals surface area contributed by atoms with Gasteiger partial charge in [0.25, 0.3) is 0 Å². The van der Waals surface area contributed by atoms with Crippen LogP contribution in [-0.2, 0) is 14.3 Å². The first-order chi connectivity index (χ1) is 8.68. The smallest absolute Gasteiger partial charge is 0.333 e. The van der Waals surface area contributed by atoms with E-state index < -0.39 is 5.60 Å². The summed E-state index contributed by atoms with van der Waals surface area (Å²) in [6.07, 6.45) is 4.25. The van der Waals surface area contributed by atoms with Crippen molar-refractivity contribution in [2.24, 2.45) is 16.7 Å². The molecule has 0 aromatic rings. The molecule has 4 aliphatic rings. The van der Waals surface area contributed by atoms with E-state index in [4.69, 9.17) is 4.74 Å². The van der Waals surface area contributed by atoms with Gasteiger partial charge in [0.05, 0.1) is 0 Å². The normalized spacial score (nSPS) is 47.3. The molecule has 0 heterocycles. The molecule has 104 valence electrons. The maximum atomic E-state index is 12.6. The van der Waals surface area contributed by atoms with Gasteiger partial charge in [-0.25, -0.2) is 4.79 Å². The molecule has 0 saturated heterocycles. The standard InChI is InChI=1S/C16H22O3/c1-10(2)12(17)19-16-7-11-5-14(3,8-16)13(18)15(4,6-11)9-16/h11H,1,5-9H2,2-4H3. The van der Waals surface area contributed by atoms with Crippen LogP contribution >= 0.6 is 0 Å². The quantitative estimate of drug-likeness (QED) is 0.567. The average Bonchev–Trinajstić information content (AvgIpc) is 2.23. The van der Waals surface area contributed by atoms with Crippen molar-refractivity contribution in [1.82, 2.24) is 0 Å². The van der Waals surface area contributed by atoms with Crippen molar-refractivity contribution >= 4 is 11.8 Å². The minimum Gasteiger partial charge on any atom is -0.456 e. The van der Waals surface area contributed by atoms with E-state index in [-0.39, 0.29) is 16.8 Å². The topological polar surface area (TPSA) is 43.4 Å². The molecule has 4 fully saturated rings. The molecular formula is C16H22O3. The highest BCUT2D eigenvalue weighted by molar-refractivity contribution is 5.93. The van der Waals surface area contributed by atoms with Crippen molar-refractivity contribution < 1.29 is 14.3 Å². The van der Waals surface area contributed by atoms with Gasteiger partial charge in [-0.05, 0) is 44.9 Å². The lowest BCUT2D eigenvalue weighted by atomic mass is 9.43. The lowest BCUT2D eigenvalue weighted by molar-refractivity contribution is -0.210. The van der Waals surface area contributed by atoms with Crippen LogP contribution in [0.2, 0.25) is 0 Å². The van der Waals surface area contributed by atoms with E-state index in [1.807, 2.05) is 0 Å². The Hall–Kier alpha value is -1.12. The van der Waals surface area contributed by atoms with Crippen molar-refractivity contribution in [1.29, 1.82) is 0 Å². The molecule has 0 amide bonds. The zero-order chi connectivity index (χ0) is 14.1. The Bertz CT molecular complexity index is 468. The van der Waals surface area contributed by atoms with Gasteiger partial charge in [0.15, 0.2) is 0 Å². The van der Waals surface area contributed by atoms with E-state index >= 15 is 0 Å². The Balaban J connectivity index is 1.95. The molecule has 0 radical (unpaired) electrons. The number of ketones is 1. The van der Waals surface area contributed by atoms with Gasteiger partial charge in [-0.1, -0.05) is 20.4 Å². The number of carbonyl (C=O) groups excluding carboxylic acids is 2. The highest BCUT2D eigenvalue weighted by Crippen LogP contribution is 2.65. The van der Waals surface area contributed by atoms with Gasteiger partial charge in [-0.15, -0.1) is 0 Å². The minimum atomic E-state index is -0.422. The first-order valence-corrected chi connectivity index (χ1v) is 7.12. The lowest BCUT2D eigenvalue weighted by Crippen LogP contribution is -2.65. The van der Waals surface area contributed by atoms with Crippen LogP contribution in [0.15, 0.2) is 12.2 Å². The molecule has 4 rings (SSSR count). The van der Waals surface area contributed by atoms with Crippen molar-refractivity contribution in [2.75, 3.05) is 0 Å². The highest BCUT2D eigenvalue weighted by atomic mass is 16.6. The fourth-order valence-electron chi connectivity index (χ4n) is 5.26. The third-order valence-electron chi connectivity index (χ3n) is 5.32. The van der Waals surface area contributed by atoms with Gasteiger partial charge in [0.1, 0.15) is 11.4 Å². The molecule has 0 N–H and O–H groups in total. The summed E-state index contributed by atoms with van der Waals surface area (Å²) in [5, 5.41) is 0. The van der Waals surface area contributed by atoms with Crippen LogP contribution in [-0.4, -0.2) is 17.4 Å². The summed E-state index contributed by atoms with van der Waals surface area (Å²) in [6.45, 7) is 9.45. The summed E-state index contributed by atoms with van der Waals surface area (Å²) < 4.78 is 5.80. The zero-order valence-electron chi connectivity index (χ0n) is 12.0. The molecule has 4 aliphatic carbocycles. The number of ether oxygens (including phenoxy) is 1. The van der Waals surface area contributed by atoms with Crippen LogP contribution in [0.3, 0.4) is 0 Å². The highest BCUT2D eigenvalue weighted by Gasteiger charge is 2.66. The van der Waals surface area contributed by atoms with E-state index in [0.717, 1.165) is 19.3 Å². The molecule has 4 bridgehead atoms. The second kappa shape index (κ2) is 3.50. The maximum Gasteiger partial charge on any atom is 0.333 e. The second-order valence-corrected chi connectivity index (χ2v) is 7.64. The minimum absolute atomic E-state index is 0.288. The van der Waals surface area contributed by atoms with Crippen LogP contribution in [0.25, 0.3) is 0 Å². The van der Waals surface area contributed by atoms with Gasteiger partial charge in [-0.3, -0.25) is 4.79 Å². The zero-order valence-corrected chi connectivity index (χ0v) is 12.0. The van der Waals surface area contributed by atoms with Crippen LogP contribution in [0.4, 0.5) is 0 Å². The van der Waals surface area contributed by atoms with Crippen molar-refractivity contribution in [3.8, 4) is 0 Å². The number of Topliss-reactive ketones (excluding diaryl/α,β-unsaturated/α-hetero) is 1. The molecule has 2 atom stereocenters. The van der Waals surface area contributed by atoms with Gasteiger partial charge in [-0.2, -0.15) is 0 Å². The fourth-order valence-corrected chi connectivity index (χ4v) is 5.26. The predicted molar refractivity (Wildman–Crippen MR) is 71.4 cm³/mol. The van der Waals surface area contributed by atoms with Crippen molar-refractivity contribution in [2.45, 2.75) is 58.5 Å². The van der Waals surface area contributed by atoms with E-state index in [9.17, 15) is 9.59 Å². The van der Waals surface area contributed by atoms with Crippen LogP contribution in [0, 0.1) is 16.7 Å². The molecule has 4 saturated carbocycles. The van der Waals surface area contributed by atoms with Gasteiger partial charge >= 0.3 is 5.97 Å². The summed E-state index contributed by atoms with van der Waals surface area (Å²) in [6, 6.07) is 0. The van der Waals surface area contributed by atoms with Crippen LogP contribution in [0.5, 0.6) is 0 Å². The summed E-state index contributed by atoms with van der Waals surface area (Å²) >= 11 is 0. The molecule has 3 nitrogen and oxygen atoms in total. The fraction of sp³-hybridized carbons (Fsp3) is 0.750. The number of rotatable bonds is 2. The first kappa shape index (κ1) is 12.9. The largest absolute Gasteiger partial charge is 0.456 e. The Morgan fingerprint density at radius 3 is 2.21 bits per heavy atom. The summed E-state index contributed by atoms with van der Waals surface area (Å²) in [5.41, 5.74) is -0.556. The summed E-state index contributed by atoms with van der Waals surface area (Å²) in [7, 11) is 0. The SMILES string of the molecule is C=C(C)C(=O)OC12CC3CC(C)(C1)C(=O)C(C)(C3)C2. The second-order valence-electron chi connectivity index (χ2n) is 7.64. The lowest BCUT2D eigenvalue weighted by Gasteiger charge is -2.62. The third kappa shape index (κ3) is 1.70. The molecule has 2 unspecified atom stereocenters. The van der Waals surface area contributed by atoms with E-state index in [2.05, 4.69) is 20.4 Å². The first-order valence-electron chi connectivity index (χ1n) is 7.12. The van der Waals surface area contributed by atoms with E-state index in [1.54, 1.807) is 6.92 Å². The van der Waals surface area contributed by atoms with E-state index in [0.29, 0.717) is 30.1 Å². The molecule has 0 aromatic heterocycles. The molecule has 0 spiro atoms. The van der Waals surface area contributed by atoms with Gasteiger partial charge < -0.3 is 4.74 Å². The Morgan fingerprint density at radius 1 is 1.21 bits per heavy atom. The summed E-state index contributed by atoms with van der Waals surface area (Å²) in [4.78, 5) is 24.5. The Kier molecular flexibility index (Phi) is 2.37. The molecule has 0 aliphatic heterocycles. The maximum absolute atomic E-state index is 12.6. The number of hydrogen-bond donors (Lipinski definition) is 0. The van der Waals surface area contributed by atoms with Crippen LogP contribution < -0.4 is 0 Å². The number of carbonyl (C=O) groups is 2. The average molecular weight is 262 g/mol.